The van der Waals surface area contributed by atoms with Crippen LogP contribution in [0.3, 0.4) is 0 Å². The van der Waals surface area contributed by atoms with Crippen molar-refractivity contribution in [1.82, 2.24) is 20.2 Å². The molecule has 0 aliphatic carbocycles. The molecule has 0 spiro atoms. The first kappa shape index (κ1) is 28.3. The van der Waals surface area contributed by atoms with E-state index in [9.17, 15) is 14.0 Å². The van der Waals surface area contributed by atoms with Crippen LogP contribution in [0.5, 0.6) is 5.75 Å². The zero-order chi connectivity index (χ0) is 26.8. The van der Waals surface area contributed by atoms with E-state index in [0.29, 0.717) is 60.9 Å². The van der Waals surface area contributed by atoms with Gasteiger partial charge < -0.3 is 25.2 Å². The molecule has 0 radical (unpaired) electrons. The van der Waals surface area contributed by atoms with Crippen molar-refractivity contribution in [2.24, 2.45) is 0 Å². The number of carbonyl (C=O) groups is 2. The first-order valence-corrected chi connectivity index (χ1v) is 11.7. The van der Waals surface area contributed by atoms with Crippen molar-refractivity contribution in [1.29, 1.82) is 0 Å². The van der Waals surface area contributed by atoms with E-state index in [1.54, 1.807) is 13.1 Å². The van der Waals surface area contributed by atoms with Crippen LogP contribution in [0, 0.1) is 5.82 Å². The molecule has 0 bridgehead atoms. The molecule has 2 rings (SSSR count). The Balaban J connectivity index is 2.00. The van der Waals surface area contributed by atoms with Crippen molar-refractivity contribution in [2.75, 3.05) is 44.5 Å². The second-order valence-electron chi connectivity index (χ2n) is 8.38. The highest BCUT2D eigenvalue weighted by molar-refractivity contribution is 5.87. The zero-order valence-electron chi connectivity index (χ0n) is 21.6. The normalized spacial score (nSPS) is 11.3. The Bertz CT molecular complexity index is 1110. The maximum atomic E-state index is 14.3. The number of aryl methyl sites for hydroxylation is 1. The summed E-state index contributed by atoms with van der Waals surface area (Å²) in [5.41, 5.74) is 1.92. The predicted molar refractivity (Wildman–Crippen MR) is 140 cm³/mol. The fraction of sp³-hybridized carbons (Fsp3) is 0.385. The average Bonchev–Trinajstić information content (AvgIpc) is 2.86. The second-order valence-corrected chi connectivity index (χ2v) is 8.38. The predicted octanol–water partition coefficient (Wildman–Crippen LogP) is 3.71. The molecule has 36 heavy (non-hydrogen) atoms. The number of nitrogens with one attached hydrogen (secondary N) is 2. The molecule has 10 heteroatoms. The number of hydrogen-bond acceptors (Lipinski definition) is 8. The van der Waals surface area contributed by atoms with E-state index in [-0.39, 0.29) is 23.5 Å². The lowest BCUT2D eigenvalue weighted by atomic mass is 10.2. The van der Waals surface area contributed by atoms with Gasteiger partial charge in [0.05, 0.1) is 18.3 Å². The monoisotopic (exact) mass is 498 g/mol. The van der Waals surface area contributed by atoms with Crippen molar-refractivity contribution in [3.8, 4) is 5.75 Å². The van der Waals surface area contributed by atoms with E-state index in [1.807, 2.05) is 32.8 Å². The summed E-state index contributed by atoms with van der Waals surface area (Å²) >= 11 is 0. The summed E-state index contributed by atoms with van der Waals surface area (Å²) in [6.45, 7) is 12.2. The molecular weight excluding hydrogens is 463 g/mol. The number of carbonyl (C=O) groups excluding carboxylic acids is 2. The number of nitrogens with zero attached hydrogens (tertiary/aromatic N) is 4. The molecule has 1 amide bonds. The van der Waals surface area contributed by atoms with Gasteiger partial charge in [0.1, 0.15) is 17.3 Å². The topological polar surface area (TPSA) is 99.7 Å². The molecule has 2 aromatic rings. The minimum absolute atomic E-state index is 0.144. The summed E-state index contributed by atoms with van der Waals surface area (Å²) in [7, 11) is 5.36. The molecule has 2 N–H and O–H groups in total. The highest BCUT2D eigenvalue weighted by atomic mass is 19.1. The largest absolute Gasteiger partial charge is 0.493 e. The van der Waals surface area contributed by atoms with E-state index < -0.39 is 5.82 Å². The van der Waals surface area contributed by atoms with Gasteiger partial charge in [-0.05, 0) is 31.9 Å². The minimum atomic E-state index is -0.496. The molecule has 1 atom stereocenters. The molecule has 1 aromatic carbocycles. The zero-order valence-corrected chi connectivity index (χ0v) is 21.6. The van der Waals surface area contributed by atoms with Crippen molar-refractivity contribution < 1.29 is 18.7 Å². The molecule has 9 nitrogen and oxygen atoms in total. The molecule has 1 heterocycles. The van der Waals surface area contributed by atoms with Crippen LogP contribution in [0.1, 0.15) is 36.5 Å². The number of ether oxygens (including phenoxy) is 1. The number of aldehydes is 1. The van der Waals surface area contributed by atoms with Crippen LogP contribution < -0.4 is 20.3 Å². The summed E-state index contributed by atoms with van der Waals surface area (Å²) < 4.78 is 20.0. The number of halogens is 1. The third kappa shape index (κ3) is 7.53. The van der Waals surface area contributed by atoms with Crippen LogP contribution in [0.15, 0.2) is 43.1 Å². The van der Waals surface area contributed by atoms with Crippen molar-refractivity contribution >= 4 is 29.5 Å². The smallest absolute Gasteiger partial charge is 0.246 e. The number of anilines is 3. The quantitative estimate of drug-likeness (QED) is 0.231. The van der Waals surface area contributed by atoms with E-state index in [0.717, 1.165) is 0 Å². The van der Waals surface area contributed by atoms with Gasteiger partial charge in [-0.1, -0.05) is 20.1 Å². The maximum absolute atomic E-state index is 14.3. The number of amides is 1. The number of likely N-dealkylation sites (N-methyl/N-ethyl adjacent to an activating group) is 1. The maximum Gasteiger partial charge on any atom is 0.246 e. The second kappa shape index (κ2) is 13.2. The Hall–Kier alpha value is -3.95. The van der Waals surface area contributed by atoms with Crippen LogP contribution in [-0.2, 0) is 11.2 Å². The first-order valence-electron chi connectivity index (χ1n) is 11.7. The Morgan fingerprint density at radius 1 is 1.25 bits per heavy atom. The summed E-state index contributed by atoms with van der Waals surface area (Å²) in [5, 5.41) is 6.17. The number of benzene rings is 1. The van der Waals surface area contributed by atoms with Crippen molar-refractivity contribution in [3.05, 3.63) is 60.3 Å². The fourth-order valence-electron chi connectivity index (χ4n) is 3.33. The Morgan fingerprint density at radius 3 is 2.58 bits per heavy atom. The van der Waals surface area contributed by atoms with Crippen molar-refractivity contribution in [2.45, 2.75) is 32.7 Å². The SMILES string of the molecule is C=CC(=O)N(C)C(C)C(=C)NCCCOc1cc(F)cc(Nc2nc(N(C)C)c(CC)nc2C=O)c1. The first-order chi connectivity index (χ1) is 17.1. The molecular formula is C26H35FN6O3. The minimum Gasteiger partial charge on any atom is -0.493 e. The van der Waals surface area contributed by atoms with Crippen LogP contribution in [0.2, 0.25) is 0 Å². The lowest BCUT2D eigenvalue weighted by Gasteiger charge is -2.26. The lowest BCUT2D eigenvalue weighted by Crippen LogP contribution is -2.39. The van der Waals surface area contributed by atoms with Gasteiger partial charge in [-0.2, -0.15) is 0 Å². The summed E-state index contributed by atoms with van der Waals surface area (Å²) in [5.74, 6) is 0.513. The van der Waals surface area contributed by atoms with Gasteiger partial charge in [0.15, 0.2) is 17.9 Å². The van der Waals surface area contributed by atoms with Gasteiger partial charge in [0.25, 0.3) is 0 Å². The molecule has 0 fully saturated rings. The van der Waals surface area contributed by atoms with Gasteiger partial charge in [0, 0.05) is 51.2 Å². The van der Waals surface area contributed by atoms with E-state index in [1.165, 1.54) is 23.1 Å². The van der Waals surface area contributed by atoms with Crippen molar-refractivity contribution in [3.63, 3.8) is 0 Å². The third-order valence-corrected chi connectivity index (χ3v) is 5.53. The van der Waals surface area contributed by atoms with Gasteiger partial charge in [-0.25, -0.2) is 14.4 Å². The highest BCUT2D eigenvalue weighted by Crippen LogP contribution is 2.26. The van der Waals surface area contributed by atoms with Crippen LogP contribution >= 0.6 is 0 Å². The van der Waals surface area contributed by atoms with Gasteiger partial charge in [0.2, 0.25) is 5.91 Å². The summed E-state index contributed by atoms with van der Waals surface area (Å²) in [6, 6.07) is 4.01. The molecule has 1 unspecified atom stereocenters. The molecule has 1 aromatic heterocycles. The Labute approximate surface area is 212 Å². The van der Waals surface area contributed by atoms with Gasteiger partial charge in [-0.3, -0.25) is 9.59 Å². The number of aromatic nitrogens is 2. The molecule has 0 saturated heterocycles. The molecule has 194 valence electrons. The highest BCUT2D eigenvalue weighted by Gasteiger charge is 2.16. The van der Waals surface area contributed by atoms with Crippen LogP contribution in [-0.4, -0.2) is 67.4 Å². The van der Waals surface area contributed by atoms with Crippen LogP contribution in [0.25, 0.3) is 0 Å². The van der Waals surface area contributed by atoms with E-state index in [2.05, 4.69) is 33.8 Å². The summed E-state index contributed by atoms with van der Waals surface area (Å²) in [4.78, 5) is 35.6. The number of rotatable bonds is 14. The Kier molecular flexibility index (Phi) is 10.4. The fourth-order valence-corrected chi connectivity index (χ4v) is 3.33. The number of hydrogen-bond donors (Lipinski definition) is 2. The third-order valence-electron chi connectivity index (χ3n) is 5.53. The average molecular weight is 499 g/mol. The van der Waals surface area contributed by atoms with Gasteiger partial charge >= 0.3 is 0 Å². The van der Waals surface area contributed by atoms with E-state index in [4.69, 9.17) is 4.74 Å². The molecule has 0 aliphatic rings. The lowest BCUT2D eigenvalue weighted by molar-refractivity contribution is -0.125. The Morgan fingerprint density at radius 2 is 1.97 bits per heavy atom. The summed E-state index contributed by atoms with van der Waals surface area (Å²) in [6.07, 6.45) is 3.12. The van der Waals surface area contributed by atoms with Crippen LogP contribution in [0.4, 0.5) is 21.7 Å². The molecule has 0 aliphatic heterocycles. The van der Waals surface area contributed by atoms with Gasteiger partial charge in [-0.15, -0.1) is 0 Å². The molecule has 0 saturated carbocycles. The standard InChI is InChI=1S/C26H35FN6O3/c1-8-22-26(32(5)6)31-25(23(16-34)30-22)29-20-13-19(27)14-21(15-20)36-12-10-11-28-17(3)18(4)33(7)24(35)9-2/h9,13-16,18,28H,2-3,8,10-12H2,1,4-7H3,(H,29,31). The van der Waals surface area contributed by atoms with E-state index >= 15 is 0 Å².